The molecule has 5 heteroatoms. The lowest BCUT2D eigenvalue weighted by atomic mass is 9.96. The van der Waals surface area contributed by atoms with Gasteiger partial charge in [0.05, 0.1) is 12.1 Å². The van der Waals surface area contributed by atoms with Crippen LogP contribution in [0.4, 0.5) is 0 Å². The van der Waals surface area contributed by atoms with Crippen LogP contribution in [0.25, 0.3) is 0 Å². The predicted octanol–water partition coefficient (Wildman–Crippen LogP) is 3.91. The topological polar surface area (TPSA) is 46.3 Å². The third kappa shape index (κ3) is 3.83. The molecule has 3 heterocycles. The Morgan fingerprint density at radius 1 is 1.43 bits per heavy atom. The van der Waals surface area contributed by atoms with Crippen molar-refractivity contribution in [1.82, 2.24) is 10.1 Å². The van der Waals surface area contributed by atoms with Gasteiger partial charge in [-0.2, -0.15) is 0 Å². The molecule has 0 spiro atoms. The van der Waals surface area contributed by atoms with Crippen molar-refractivity contribution in [1.29, 1.82) is 0 Å². The molecule has 0 aliphatic carbocycles. The Kier molecular flexibility index (Phi) is 5.16. The van der Waals surface area contributed by atoms with E-state index in [9.17, 15) is 4.79 Å². The van der Waals surface area contributed by atoms with Crippen LogP contribution in [-0.4, -0.2) is 28.6 Å². The monoisotopic (exact) mass is 332 g/mol. The van der Waals surface area contributed by atoms with Gasteiger partial charge in [0, 0.05) is 23.0 Å². The highest BCUT2D eigenvalue weighted by atomic mass is 32.1. The molecule has 1 aliphatic heterocycles. The van der Waals surface area contributed by atoms with E-state index in [1.807, 2.05) is 13.8 Å². The van der Waals surface area contributed by atoms with Gasteiger partial charge in [-0.1, -0.05) is 11.2 Å². The van der Waals surface area contributed by atoms with E-state index in [1.165, 1.54) is 11.3 Å². The number of carbonyl (C=O) groups is 1. The van der Waals surface area contributed by atoms with Crippen LogP contribution in [0, 0.1) is 13.8 Å². The summed E-state index contributed by atoms with van der Waals surface area (Å²) in [4.78, 5) is 16.3. The number of amides is 1. The molecule has 0 bridgehead atoms. The standard InChI is InChI=1S/C18H24N2O2S/c1-13-17(14(2)22-19-13)12-18(21)20-10-4-3-6-15(20)8-9-16-7-5-11-23-16/h5,7,11,15H,3-4,6,8-10,12H2,1-2H3/t15-/m1/s1. The number of hydrogen-bond acceptors (Lipinski definition) is 4. The minimum atomic E-state index is 0.218. The first-order valence-electron chi connectivity index (χ1n) is 8.38. The maximum absolute atomic E-state index is 12.8. The number of rotatable bonds is 5. The molecule has 124 valence electrons. The van der Waals surface area contributed by atoms with Crippen molar-refractivity contribution < 1.29 is 9.32 Å². The molecular formula is C18H24N2O2S. The predicted molar refractivity (Wildman–Crippen MR) is 91.7 cm³/mol. The van der Waals surface area contributed by atoms with Gasteiger partial charge in [0.2, 0.25) is 5.91 Å². The van der Waals surface area contributed by atoms with Gasteiger partial charge in [-0.25, -0.2) is 0 Å². The molecule has 4 nitrogen and oxygen atoms in total. The molecule has 0 unspecified atom stereocenters. The van der Waals surface area contributed by atoms with Crippen molar-refractivity contribution in [3.05, 3.63) is 39.4 Å². The van der Waals surface area contributed by atoms with Crippen molar-refractivity contribution in [2.75, 3.05) is 6.54 Å². The normalized spacial score (nSPS) is 18.3. The highest BCUT2D eigenvalue weighted by Gasteiger charge is 2.27. The van der Waals surface area contributed by atoms with Crippen molar-refractivity contribution in [3.63, 3.8) is 0 Å². The fourth-order valence-electron chi connectivity index (χ4n) is 3.40. The van der Waals surface area contributed by atoms with Crippen LogP contribution in [0.2, 0.25) is 0 Å². The Labute approximate surface area is 141 Å². The summed E-state index contributed by atoms with van der Waals surface area (Å²) in [5.74, 6) is 0.985. The van der Waals surface area contributed by atoms with E-state index in [-0.39, 0.29) is 5.91 Å². The van der Waals surface area contributed by atoms with Gasteiger partial charge >= 0.3 is 0 Å². The molecule has 2 aromatic heterocycles. The average molecular weight is 332 g/mol. The van der Waals surface area contributed by atoms with Gasteiger partial charge in [0.1, 0.15) is 5.76 Å². The van der Waals surface area contributed by atoms with Crippen molar-refractivity contribution in [2.45, 2.75) is 58.4 Å². The Balaban J connectivity index is 1.64. The molecule has 0 radical (unpaired) electrons. The zero-order chi connectivity index (χ0) is 16.2. The maximum Gasteiger partial charge on any atom is 0.227 e. The molecule has 0 N–H and O–H groups in total. The van der Waals surface area contributed by atoms with E-state index >= 15 is 0 Å². The molecule has 1 saturated heterocycles. The highest BCUT2D eigenvalue weighted by Crippen LogP contribution is 2.24. The minimum Gasteiger partial charge on any atom is -0.361 e. The van der Waals surface area contributed by atoms with E-state index < -0.39 is 0 Å². The number of hydrogen-bond donors (Lipinski definition) is 0. The lowest BCUT2D eigenvalue weighted by Gasteiger charge is -2.36. The number of aryl methyl sites for hydroxylation is 3. The largest absolute Gasteiger partial charge is 0.361 e. The third-order valence-electron chi connectivity index (χ3n) is 4.76. The summed E-state index contributed by atoms with van der Waals surface area (Å²) in [5, 5.41) is 6.08. The second-order valence-electron chi connectivity index (χ2n) is 6.33. The zero-order valence-corrected chi connectivity index (χ0v) is 14.7. The third-order valence-corrected chi connectivity index (χ3v) is 5.70. The number of thiophene rings is 1. The van der Waals surface area contributed by atoms with Gasteiger partial charge in [-0.05, 0) is 57.4 Å². The molecule has 1 aliphatic rings. The van der Waals surface area contributed by atoms with Crippen molar-refractivity contribution >= 4 is 17.2 Å². The molecule has 3 rings (SSSR count). The molecule has 0 aromatic carbocycles. The summed E-state index contributed by atoms with van der Waals surface area (Å²) >= 11 is 1.80. The van der Waals surface area contributed by atoms with Crippen LogP contribution in [0.3, 0.4) is 0 Å². The molecule has 23 heavy (non-hydrogen) atoms. The van der Waals surface area contributed by atoms with Crippen molar-refractivity contribution in [3.8, 4) is 0 Å². The van der Waals surface area contributed by atoms with E-state index in [4.69, 9.17) is 4.52 Å². The van der Waals surface area contributed by atoms with Crippen molar-refractivity contribution in [2.24, 2.45) is 0 Å². The van der Waals surface area contributed by atoms with Crippen LogP contribution in [0.15, 0.2) is 22.0 Å². The van der Waals surface area contributed by atoms with Gasteiger partial charge in [0.25, 0.3) is 0 Å². The van der Waals surface area contributed by atoms with E-state index in [2.05, 4.69) is 27.6 Å². The molecule has 1 amide bonds. The fraction of sp³-hybridized carbons (Fsp3) is 0.556. The second kappa shape index (κ2) is 7.30. The summed E-state index contributed by atoms with van der Waals surface area (Å²) < 4.78 is 5.19. The second-order valence-corrected chi connectivity index (χ2v) is 7.37. The molecular weight excluding hydrogens is 308 g/mol. The van der Waals surface area contributed by atoms with Crippen LogP contribution in [0.5, 0.6) is 0 Å². The quantitative estimate of drug-likeness (QED) is 0.834. The van der Waals surface area contributed by atoms with Crippen LogP contribution in [-0.2, 0) is 17.6 Å². The molecule has 1 fully saturated rings. The first kappa shape index (κ1) is 16.2. The first-order chi connectivity index (χ1) is 11.1. The Bertz CT molecular complexity index is 629. The summed E-state index contributed by atoms with van der Waals surface area (Å²) in [5.41, 5.74) is 1.79. The Morgan fingerprint density at radius 3 is 3.00 bits per heavy atom. The average Bonchev–Trinajstić information content (AvgIpc) is 3.18. The molecule has 0 saturated carbocycles. The zero-order valence-electron chi connectivity index (χ0n) is 13.9. The van der Waals surface area contributed by atoms with Crippen LogP contribution < -0.4 is 0 Å². The maximum atomic E-state index is 12.8. The smallest absolute Gasteiger partial charge is 0.227 e. The molecule has 1 atom stereocenters. The summed E-state index contributed by atoms with van der Waals surface area (Å²) in [6.07, 6.45) is 6.01. The fourth-order valence-corrected chi connectivity index (χ4v) is 4.12. The Morgan fingerprint density at radius 2 is 2.30 bits per heavy atom. The number of piperidine rings is 1. The summed E-state index contributed by atoms with van der Waals surface area (Å²) in [6.45, 7) is 4.67. The van der Waals surface area contributed by atoms with Gasteiger partial charge in [0.15, 0.2) is 0 Å². The van der Waals surface area contributed by atoms with Gasteiger partial charge < -0.3 is 9.42 Å². The minimum absolute atomic E-state index is 0.218. The van der Waals surface area contributed by atoms with E-state index in [0.717, 1.165) is 49.2 Å². The lowest BCUT2D eigenvalue weighted by molar-refractivity contribution is -0.134. The molecule has 2 aromatic rings. The first-order valence-corrected chi connectivity index (χ1v) is 9.26. The van der Waals surface area contributed by atoms with Crippen LogP contribution in [0.1, 0.15) is 47.6 Å². The van der Waals surface area contributed by atoms with E-state index in [0.29, 0.717) is 12.5 Å². The van der Waals surface area contributed by atoms with Gasteiger partial charge in [-0.15, -0.1) is 11.3 Å². The summed E-state index contributed by atoms with van der Waals surface area (Å²) in [7, 11) is 0. The van der Waals surface area contributed by atoms with E-state index in [1.54, 1.807) is 11.3 Å². The number of aromatic nitrogens is 1. The van der Waals surface area contributed by atoms with Gasteiger partial charge in [-0.3, -0.25) is 4.79 Å². The summed E-state index contributed by atoms with van der Waals surface area (Å²) in [6, 6.07) is 4.66. The number of nitrogens with zero attached hydrogens (tertiary/aromatic N) is 2. The highest BCUT2D eigenvalue weighted by molar-refractivity contribution is 7.09. The van der Waals surface area contributed by atoms with Crippen LogP contribution >= 0.6 is 11.3 Å². The number of carbonyl (C=O) groups excluding carboxylic acids is 1. The SMILES string of the molecule is Cc1noc(C)c1CC(=O)N1CCCC[C@@H]1CCc1cccs1. The lowest BCUT2D eigenvalue weighted by Crippen LogP contribution is -2.44. The number of likely N-dealkylation sites (tertiary alicyclic amines) is 1. The Hall–Kier alpha value is -1.62.